The third-order valence-corrected chi connectivity index (χ3v) is 4.78. The van der Waals surface area contributed by atoms with E-state index in [1.54, 1.807) is 0 Å². The first-order valence-electron chi connectivity index (χ1n) is 9.21. The van der Waals surface area contributed by atoms with Crippen molar-refractivity contribution in [2.45, 2.75) is 78.4 Å². The molecule has 0 N–H and O–H groups in total. The summed E-state index contributed by atoms with van der Waals surface area (Å²) in [6, 6.07) is 4.54. The van der Waals surface area contributed by atoms with E-state index in [0.717, 1.165) is 17.7 Å². The molecule has 0 fully saturated rings. The zero-order valence-corrected chi connectivity index (χ0v) is 18.8. The van der Waals surface area contributed by atoms with Gasteiger partial charge in [-0.2, -0.15) is 0 Å². The van der Waals surface area contributed by atoms with Crippen molar-refractivity contribution in [2.75, 3.05) is 6.61 Å². The topological polar surface area (TPSA) is 9.23 Å². The second-order valence-corrected chi connectivity index (χ2v) is 14.6. The summed E-state index contributed by atoms with van der Waals surface area (Å²) in [5.74, 6) is 4.42. The van der Waals surface area contributed by atoms with Crippen LogP contribution >= 0.6 is 0 Å². The predicted octanol–water partition coefficient (Wildman–Crippen LogP) is 6.47. The van der Waals surface area contributed by atoms with Crippen LogP contribution in [0.4, 0.5) is 0 Å². The molecule has 0 unspecified atom stereocenters. The lowest BCUT2D eigenvalue weighted by atomic mass is 9.79. The maximum atomic E-state index is 6.21. The molecular formula is C23H36OSi. The van der Waals surface area contributed by atoms with Gasteiger partial charge in [0.15, 0.2) is 0 Å². The Labute approximate surface area is 156 Å². The third kappa shape index (κ3) is 6.75. The van der Waals surface area contributed by atoms with Gasteiger partial charge in [-0.15, -0.1) is 12.1 Å². The van der Waals surface area contributed by atoms with Crippen LogP contribution in [0.1, 0.15) is 64.7 Å². The summed E-state index contributed by atoms with van der Waals surface area (Å²) in [7, 11) is -1.46. The molecule has 25 heavy (non-hydrogen) atoms. The lowest BCUT2D eigenvalue weighted by Gasteiger charge is -2.28. The number of hydrogen-bond donors (Lipinski definition) is 0. The van der Waals surface area contributed by atoms with Crippen LogP contribution < -0.4 is 4.74 Å². The fourth-order valence-electron chi connectivity index (χ4n) is 2.37. The molecule has 0 aliphatic heterocycles. The number of rotatable bonds is 4. The van der Waals surface area contributed by atoms with E-state index in [2.05, 4.69) is 91.4 Å². The van der Waals surface area contributed by atoms with Crippen LogP contribution in [0, 0.1) is 11.5 Å². The van der Waals surface area contributed by atoms with Gasteiger partial charge in [0.2, 0.25) is 0 Å². The van der Waals surface area contributed by atoms with Gasteiger partial charge in [0.25, 0.3) is 0 Å². The van der Waals surface area contributed by atoms with Gasteiger partial charge in [-0.05, 0) is 28.9 Å². The summed E-state index contributed by atoms with van der Waals surface area (Å²) >= 11 is 0. The van der Waals surface area contributed by atoms with Crippen LogP contribution in [-0.2, 0) is 10.8 Å². The van der Waals surface area contributed by atoms with Crippen molar-refractivity contribution in [3.05, 3.63) is 41.5 Å². The second kappa shape index (κ2) is 7.83. The molecule has 0 saturated carbocycles. The molecule has 1 nitrogen and oxygen atoms in total. The van der Waals surface area contributed by atoms with Crippen LogP contribution in [0.2, 0.25) is 19.6 Å². The Kier molecular flexibility index (Phi) is 6.76. The Balaban J connectivity index is 3.65. The summed E-state index contributed by atoms with van der Waals surface area (Å²) in [4.78, 5) is 0. The van der Waals surface area contributed by atoms with Gasteiger partial charge in [-0.3, -0.25) is 0 Å². The minimum absolute atomic E-state index is 0.000360. The molecular weight excluding hydrogens is 320 g/mol. The van der Waals surface area contributed by atoms with E-state index < -0.39 is 8.07 Å². The van der Waals surface area contributed by atoms with Crippen LogP contribution in [0.25, 0.3) is 0 Å². The molecule has 0 amide bonds. The standard InChI is InChI=1S/C23H36OSi/c1-11-12-14-24-21-18(13-15-25(8,9)10)16-19(22(2,3)4)17-20(21)23(5,6)7/h11,16-17H,1,12,14H2,2-10H3. The lowest BCUT2D eigenvalue weighted by Crippen LogP contribution is -2.19. The fourth-order valence-corrected chi connectivity index (χ4v) is 2.88. The second-order valence-electron chi connectivity index (χ2n) is 9.83. The molecule has 1 rings (SSSR count). The minimum Gasteiger partial charge on any atom is -0.492 e. The van der Waals surface area contributed by atoms with Crippen molar-refractivity contribution in [2.24, 2.45) is 0 Å². The predicted molar refractivity (Wildman–Crippen MR) is 114 cm³/mol. The smallest absolute Gasteiger partial charge is 0.138 e. The average Bonchev–Trinajstić information content (AvgIpc) is 2.42. The molecule has 0 heterocycles. The quantitative estimate of drug-likeness (QED) is 0.260. The van der Waals surface area contributed by atoms with Crippen LogP contribution in [0.15, 0.2) is 24.8 Å². The van der Waals surface area contributed by atoms with Gasteiger partial charge < -0.3 is 4.74 Å². The number of ether oxygens (including phenoxy) is 1. The molecule has 0 spiro atoms. The maximum absolute atomic E-state index is 6.21. The highest BCUT2D eigenvalue weighted by Gasteiger charge is 2.25. The summed E-state index contributed by atoms with van der Waals surface area (Å²) in [6.45, 7) is 24.7. The highest BCUT2D eigenvalue weighted by atomic mass is 28.3. The molecule has 0 aliphatic rings. The zero-order valence-electron chi connectivity index (χ0n) is 17.8. The van der Waals surface area contributed by atoms with Crippen molar-refractivity contribution >= 4 is 8.07 Å². The maximum Gasteiger partial charge on any atom is 0.138 e. The molecule has 0 aromatic heterocycles. The van der Waals surface area contributed by atoms with Crippen molar-refractivity contribution in [3.8, 4) is 17.2 Å². The Bertz CT molecular complexity index is 667. The zero-order chi connectivity index (χ0) is 19.5. The summed E-state index contributed by atoms with van der Waals surface area (Å²) in [6.07, 6.45) is 2.74. The van der Waals surface area contributed by atoms with E-state index in [9.17, 15) is 0 Å². The van der Waals surface area contributed by atoms with Crippen molar-refractivity contribution in [3.63, 3.8) is 0 Å². The Morgan fingerprint density at radius 2 is 1.64 bits per heavy atom. The van der Waals surface area contributed by atoms with Gasteiger partial charge in [0, 0.05) is 5.56 Å². The molecule has 0 aliphatic carbocycles. The van der Waals surface area contributed by atoms with Gasteiger partial charge in [0.1, 0.15) is 13.8 Å². The fraction of sp³-hybridized carbons (Fsp3) is 0.565. The molecule has 1 aromatic carbocycles. The molecule has 0 bridgehead atoms. The minimum atomic E-state index is -1.46. The van der Waals surface area contributed by atoms with Gasteiger partial charge >= 0.3 is 0 Å². The first-order chi connectivity index (χ1) is 11.3. The molecule has 0 atom stereocenters. The van der Waals surface area contributed by atoms with Gasteiger partial charge in [0.05, 0.1) is 12.2 Å². The highest BCUT2D eigenvalue weighted by Crippen LogP contribution is 2.38. The van der Waals surface area contributed by atoms with E-state index in [0.29, 0.717) is 6.61 Å². The summed E-state index contributed by atoms with van der Waals surface area (Å²) in [5, 5.41) is 0. The first-order valence-corrected chi connectivity index (χ1v) is 12.7. The lowest BCUT2D eigenvalue weighted by molar-refractivity contribution is 0.314. The van der Waals surface area contributed by atoms with E-state index >= 15 is 0 Å². The first kappa shape index (κ1) is 21.6. The van der Waals surface area contributed by atoms with Gasteiger partial charge in [-0.25, -0.2) is 0 Å². The van der Waals surface area contributed by atoms with Crippen LogP contribution in [0.5, 0.6) is 5.75 Å². The SMILES string of the molecule is C=CCCOc1c(C#C[Si](C)(C)C)cc(C(C)(C)C)cc1C(C)(C)C. The van der Waals surface area contributed by atoms with E-state index in [1.807, 2.05) is 6.08 Å². The third-order valence-electron chi connectivity index (χ3n) is 3.90. The molecule has 0 radical (unpaired) electrons. The molecule has 138 valence electrons. The molecule has 2 heteroatoms. The summed E-state index contributed by atoms with van der Waals surface area (Å²) < 4.78 is 6.21. The number of benzene rings is 1. The van der Waals surface area contributed by atoms with Gasteiger partial charge in [-0.1, -0.05) is 79.2 Å². The van der Waals surface area contributed by atoms with E-state index in [-0.39, 0.29) is 10.8 Å². The molecule has 1 aromatic rings. The van der Waals surface area contributed by atoms with E-state index in [4.69, 9.17) is 4.74 Å². The Hall–Kier alpha value is -1.46. The highest BCUT2D eigenvalue weighted by molar-refractivity contribution is 6.83. The van der Waals surface area contributed by atoms with Crippen LogP contribution in [-0.4, -0.2) is 14.7 Å². The average molecular weight is 357 g/mol. The Morgan fingerprint density at radius 1 is 1.04 bits per heavy atom. The Morgan fingerprint density at radius 3 is 2.08 bits per heavy atom. The van der Waals surface area contributed by atoms with Crippen molar-refractivity contribution < 1.29 is 4.74 Å². The number of hydrogen-bond acceptors (Lipinski definition) is 1. The van der Waals surface area contributed by atoms with Crippen LogP contribution in [0.3, 0.4) is 0 Å². The molecule has 0 saturated heterocycles. The van der Waals surface area contributed by atoms with E-state index in [1.165, 1.54) is 11.1 Å². The summed E-state index contributed by atoms with van der Waals surface area (Å²) in [5.41, 5.74) is 7.18. The van der Waals surface area contributed by atoms with Crippen molar-refractivity contribution in [1.82, 2.24) is 0 Å². The van der Waals surface area contributed by atoms with Crippen molar-refractivity contribution in [1.29, 1.82) is 0 Å². The normalized spacial score (nSPS) is 12.4. The monoisotopic (exact) mass is 356 g/mol. The largest absolute Gasteiger partial charge is 0.492 e.